The van der Waals surface area contributed by atoms with Crippen molar-refractivity contribution in [1.29, 1.82) is 0 Å². The number of phenolic OH excluding ortho intramolecular Hbond substituents is 1. The van der Waals surface area contributed by atoms with E-state index >= 15 is 0 Å². The Morgan fingerprint density at radius 2 is 1.96 bits per heavy atom. The van der Waals surface area contributed by atoms with E-state index in [1.54, 1.807) is 23.6 Å². The van der Waals surface area contributed by atoms with Crippen LogP contribution in [0, 0.1) is 0 Å². The van der Waals surface area contributed by atoms with Gasteiger partial charge in [-0.1, -0.05) is 36.4 Å². The number of thiophene rings is 1. The number of quaternary nitrogens is 1. The summed E-state index contributed by atoms with van der Waals surface area (Å²) < 4.78 is 0. The fraction of sp³-hybridized carbons (Fsp3) is 0.211. The molecule has 1 heterocycles. The summed E-state index contributed by atoms with van der Waals surface area (Å²) in [4.78, 5) is 7.32. The molecule has 0 amide bonds. The lowest BCUT2D eigenvalue weighted by atomic mass is 10.0. The molecule has 0 saturated carbocycles. The summed E-state index contributed by atoms with van der Waals surface area (Å²) in [7, 11) is 4.30. The number of aliphatic imine (C=N–C) groups is 1. The molecule has 0 saturated heterocycles. The van der Waals surface area contributed by atoms with Gasteiger partial charge < -0.3 is 10.0 Å². The summed E-state index contributed by atoms with van der Waals surface area (Å²) in [6.45, 7) is 0.700. The molecule has 0 aliphatic heterocycles. The molecule has 0 unspecified atom stereocenters. The van der Waals surface area contributed by atoms with E-state index < -0.39 is 0 Å². The average molecular weight is 325 g/mol. The molecule has 0 bridgehead atoms. The second-order valence-electron chi connectivity index (χ2n) is 5.86. The topological polar surface area (TPSA) is 37.0 Å². The number of rotatable bonds is 5. The molecular weight excluding hydrogens is 304 g/mol. The standard InChI is InChI=1S/C19H20N2OS/c1-21(2)17(19-8-5-11-23-19)13-20-12-16-15-7-4-3-6-14(15)9-10-18(16)22/h3-12,17,22H,13H2,1-2H3/p+1/t17-/m0/s1. The zero-order chi connectivity index (χ0) is 16.2. The summed E-state index contributed by atoms with van der Waals surface area (Å²) in [6, 6.07) is 16.3. The van der Waals surface area contributed by atoms with Gasteiger partial charge in [-0.25, -0.2) is 0 Å². The van der Waals surface area contributed by atoms with Crippen LogP contribution in [0.3, 0.4) is 0 Å². The minimum absolute atomic E-state index is 0.275. The lowest BCUT2D eigenvalue weighted by molar-refractivity contribution is -0.890. The van der Waals surface area contributed by atoms with E-state index in [1.807, 2.05) is 30.3 Å². The number of hydrogen-bond acceptors (Lipinski definition) is 3. The Morgan fingerprint density at radius 1 is 1.13 bits per heavy atom. The Labute approximate surface area is 140 Å². The summed E-state index contributed by atoms with van der Waals surface area (Å²) in [5.74, 6) is 0.275. The molecule has 0 fully saturated rings. The average Bonchev–Trinajstić information content (AvgIpc) is 3.07. The molecule has 0 radical (unpaired) electrons. The number of aromatic hydroxyl groups is 1. The van der Waals surface area contributed by atoms with Gasteiger partial charge in [0.15, 0.2) is 0 Å². The molecule has 1 atom stereocenters. The SMILES string of the molecule is C[NH+](C)[C@@H](CN=Cc1c(O)ccc2ccccc12)c1cccs1. The van der Waals surface area contributed by atoms with Crippen molar-refractivity contribution in [2.24, 2.45) is 4.99 Å². The Bertz CT molecular complexity index is 809. The van der Waals surface area contributed by atoms with Crippen molar-refractivity contribution in [1.82, 2.24) is 0 Å². The quantitative estimate of drug-likeness (QED) is 0.695. The number of phenols is 1. The van der Waals surface area contributed by atoms with E-state index in [2.05, 4.69) is 36.6 Å². The Balaban J connectivity index is 1.87. The van der Waals surface area contributed by atoms with Crippen molar-refractivity contribution >= 4 is 28.3 Å². The van der Waals surface area contributed by atoms with Gasteiger partial charge in [0.2, 0.25) is 0 Å². The van der Waals surface area contributed by atoms with Crippen molar-refractivity contribution in [3.63, 3.8) is 0 Å². The molecule has 4 heteroatoms. The first-order valence-electron chi connectivity index (χ1n) is 7.71. The number of nitrogens with zero attached hydrogens (tertiary/aromatic N) is 1. The van der Waals surface area contributed by atoms with Gasteiger partial charge in [0, 0.05) is 11.8 Å². The maximum atomic E-state index is 10.2. The summed E-state index contributed by atoms with van der Waals surface area (Å²) in [6.07, 6.45) is 1.81. The van der Waals surface area contributed by atoms with Gasteiger partial charge in [-0.05, 0) is 28.3 Å². The van der Waals surface area contributed by atoms with Crippen molar-refractivity contribution in [2.45, 2.75) is 6.04 Å². The molecule has 1 aromatic heterocycles. The summed E-state index contributed by atoms with van der Waals surface area (Å²) in [5, 5.41) is 14.4. The second kappa shape index (κ2) is 6.94. The number of fused-ring (bicyclic) bond motifs is 1. The number of benzene rings is 2. The zero-order valence-electron chi connectivity index (χ0n) is 13.4. The van der Waals surface area contributed by atoms with Crippen LogP contribution in [0.1, 0.15) is 16.5 Å². The van der Waals surface area contributed by atoms with E-state index in [1.165, 1.54) is 9.78 Å². The van der Waals surface area contributed by atoms with Gasteiger partial charge in [-0.3, -0.25) is 4.99 Å². The van der Waals surface area contributed by atoms with E-state index in [4.69, 9.17) is 0 Å². The molecule has 0 aliphatic carbocycles. The third-order valence-corrected chi connectivity index (χ3v) is 5.03. The van der Waals surface area contributed by atoms with Crippen LogP contribution in [0.4, 0.5) is 0 Å². The molecule has 0 aliphatic rings. The van der Waals surface area contributed by atoms with Crippen molar-refractivity contribution in [3.05, 3.63) is 64.4 Å². The molecule has 118 valence electrons. The first-order chi connectivity index (χ1) is 11.2. The summed E-state index contributed by atoms with van der Waals surface area (Å²) >= 11 is 1.77. The normalized spacial score (nSPS) is 13.2. The monoisotopic (exact) mass is 325 g/mol. The van der Waals surface area contributed by atoms with Crippen molar-refractivity contribution in [2.75, 3.05) is 20.6 Å². The molecule has 3 aromatic rings. The third kappa shape index (κ3) is 3.44. The number of nitrogens with one attached hydrogen (secondary N) is 1. The maximum absolute atomic E-state index is 10.2. The Morgan fingerprint density at radius 3 is 2.70 bits per heavy atom. The lowest BCUT2D eigenvalue weighted by Gasteiger charge is -2.18. The van der Waals surface area contributed by atoms with Crippen LogP contribution in [0.5, 0.6) is 5.75 Å². The van der Waals surface area contributed by atoms with Gasteiger partial charge in [0.05, 0.1) is 25.5 Å². The van der Waals surface area contributed by atoms with Gasteiger partial charge in [-0.2, -0.15) is 0 Å². The predicted octanol–water partition coefficient (Wildman–Crippen LogP) is 2.91. The van der Waals surface area contributed by atoms with Crippen molar-refractivity contribution in [3.8, 4) is 5.75 Å². The molecule has 3 nitrogen and oxygen atoms in total. The smallest absolute Gasteiger partial charge is 0.142 e. The number of hydrogen-bond donors (Lipinski definition) is 2. The van der Waals surface area contributed by atoms with Crippen molar-refractivity contribution < 1.29 is 10.0 Å². The molecule has 2 N–H and O–H groups in total. The van der Waals surface area contributed by atoms with Gasteiger partial charge in [0.1, 0.15) is 11.8 Å². The predicted molar refractivity (Wildman–Crippen MR) is 97.9 cm³/mol. The van der Waals surface area contributed by atoms with Crippen LogP contribution in [0.25, 0.3) is 10.8 Å². The van der Waals surface area contributed by atoms with Gasteiger partial charge >= 0.3 is 0 Å². The van der Waals surface area contributed by atoms with Crippen LogP contribution in [-0.2, 0) is 0 Å². The highest BCUT2D eigenvalue weighted by Crippen LogP contribution is 2.25. The highest BCUT2D eigenvalue weighted by atomic mass is 32.1. The first kappa shape index (κ1) is 15.7. The first-order valence-corrected chi connectivity index (χ1v) is 8.59. The Kier molecular flexibility index (Phi) is 4.74. The molecule has 23 heavy (non-hydrogen) atoms. The van der Waals surface area contributed by atoms with Crippen LogP contribution in [-0.4, -0.2) is 32.0 Å². The lowest BCUT2D eigenvalue weighted by Crippen LogP contribution is -3.06. The molecule has 3 rings (SSSR count). The molecule has 2 aromatic carbocycles. The van der Waals surface area contributed by atoms with Crippen LogP contribution < -0.4 is 4.90 Å². The highest BCUT2D eigenvalue weighted by Gasteiger charge is 2.17. The fourth-order valence-corrected chi connectivity index (χ4v) is 3.66. The number of likely N-dealkylation sites (N-methyl/N-ethyl adjacent to an activating group) is 1. The second-order valence-corrected chi connectivity index (χ2v) is 6.84. The van der Waals surface area contributed by atoms with Gasteiger partial charge in [0.25, 0.3) is 0 Å². The minimum Gasteiger partial charge on any atom is -0.507 e. The van der Waals surface area contributed by atoms with Crippen LogP contribution >= 0.6 is 11.3 Å². The largest absolute Gasteiger partial charge is 0.507 e. The van der Waals surface area contributed by atoms with E-state index in [0.29, 0.717) is 12.6 Å². The highest BCUT2D eigenvalue weighted by molar-refractivity contribution is 7.10. The summed E-state index contributed by atoms with van der Waals surface area (Å²) in [5.41, 5.74) is 0.793. The molecular formula is C19H21N2OS+. The van der Waals surface area contributed by atoms with E-state index in [9.17, 15) is 5.11 Å². The Hall–Kier alpha value is -2.17. The zero-order valence-corrected chi connectivity index (χ0v) is 14.2. The maximum Gasteiger partial charge on any atom is 0.142 e. The minimum atomic E-state index is 0.275. The molecule has 0 spiro atoms. The van der Waals surface area contributed by atoms with E-state index in [0.717, 1.165) is 16.3 Å². The fourth-order valence-electron chi connectivity index (χ4n) is 2.72. The van der Waals surface area contributed by atoms with Crippen LogP contribution in [0.2, 0.25) is 0 Å². The van der Waals surface area contributed by atoms with E-state index in [-0.39, 0.29) is 5.75 Å². The van der Waals surface area contributed by atoms with Gasteiger partial charge in [-0.15, -0.1) is 11.3 Å². The third-order valence-electron chi connectivity index (χ3n) is 4.04. The van der Waals surface area contributed by atoms with Crippen LogP contribution in [0.15, 0.2) is 58.9 Å².